The number of nitrogens with zero attached hydrogens (tertiary/aromatic N) is 4. The Hall–Kier alpha value is -1.16. The van der Waals surface area contributed by atoms with E-state index in [9.17, 15) is 0 Å². The number of rotatable bonds is 2. The Bertz CT molecular complexity index is 318. The number of hydrogen-bond acceptors (Lipinski definition) is 4. The first-order valence-electron chi connectivity index (χ1n) is 5.55. The fourth-order valence-corrected chi connectivity index (χ4v) is 1.91. The molecular weight excluding hydrogens is 188 g/mol. The van der Waals surface area contributed by atoms with Gasteiger partial charge < -0.3 is 9.80 Å². The lowest BCUT2D eigenvalue weighted by atomic mass is 10.3. The third-order valence-electron chi connectivity index (χ3n) is 2.93. The van der Waals surface area contributed by atoms with Gasteiger partial charge in [0.05, 0.1) is 0 Å². The molecular formula is C11H18N4. The van der Waals surface area contributed by atoms with Gasteiger partial charge in [0.25, 0.3) is 0 Å². The summed E-state index contributed by atoms with van der Waals surface area (Å²) in [7, 11) is 0. The van der Waals surface area contributed by atoms with Crippen molar-refractivity contribution in [2.75, 3.05) is 37.6 Å². The maximum atomic E-state index is 4.31. The molecule has 4 nitrogen and oxygen atoms in total. The van der Waals surface area contributed by atoms with Gasteiger partial charge in [-0.25, -0.2) is 9.97 Å². The molecule has 0 spiro atoms. The first-order chi connectivity index (χ1) is 7.29. The molecule has 2 rings (SSSR count). The number of likely N-dealkylation sites (N-methyl/N-ethyl adjacent to an activating group) is 1. The van der Waals surface area contributed by atoms with Crippen molar-refractivity contribution in [2.45, 2.75) is 13.8 Å². The van der Waals surface area contributed by atoms with Gasteiger partial charge >= 0.3 is 0 Å². The van der Waals surface area contributed by atoms with E-state index in [0.29, 0.717) is 0 Å². The molecule has 0 unspecified atom stereocenters. The van der Waals surface area contributed by atoms with Crippen molar-refractivity contribution >= 4 is 5.82 Å². The summed E-state index contributed by atoms with van der Waals surface area (Å²) < 4.78 is 0. The van der Waals surface area contributed by atoms with E-state index >= 15 is 0 Å². The van der Waals surface area contributed by atoms with Crippen LogP contribution in [0, 0.1) is 6.92 Å². The Kier molecular flexibility index (Phi) is 3.16. The molecule has 0 aromatic carbocycles. The highest BCUT2D eigenvalue weighted by atomic mass is 15.3. The molecule has 82 valence electrons. The Labute approximate surface area is 90.9 Å². The highest BCUT2D eigenvalue weighted by Crippen LogP contribution is 2.13. The second-order valence-corrected chi connectivity index (χ2v) is 3.94. The molecule has 1 fully saturated rings. The van der Waals surface area contributed by atoms with Crippen LogP contribution in [-0.2, 0) is 0 Å². The Balaban J connectivity index is 2.01. The molecule has 0 amide bonds. The maximum Gasteiger partial charge on any atom is 0.132 e. The van der Waals surface area contributed by atoms with Gasteiger partial charge in [-0.2, -0.15) is 0 Å². The van der Waals surface area contributed by atoms with Crippen LogP contribution in [0.15, 0.2) is 12.4 Å². The third-order valence-corrected chi connectivity index (χ3v) is 2.93. The van der Waals surface area contributed by atoms with Crippen molar-refractivity contribution in [3.05, 3.63) is 18.1 Å². The van der Waals surface area contributed by atoms with Crippen LogP contribution >= 0.6 is 0 Å². The number of hydrogen-bond donors (Lipinski definition) is 0. The molecule has 1 aromatic heterocycles. The molecule has 1 aliphatic rings. The first-order valence-corrected chi connectivity index (χ1v) is 5.55. The summed E-state index contributed by atoms with van der Waals surface area (Å²) in [6, 6.07) is 2.06. The van der Waals surface area contributed by atoms with Crippen LogP contribution < -0.4 is 4.90 Å². The van der Waals surface area contributed by atoms with E-state index in [1.165, 1.54) is 0 Å². The predicted octanol–water partition coefficient (Wildman–Crippen LogP) is 0.927. The van der Waals surface area contributed by atoms with E-state index in [1.807, 2.05) is 6.92 Å². The fourth-order valence-electron chi connectivity index (χ4n) is 1.91. The molecule has 4 heteroatoms. The molecule has 1 aliphatic heterocycles. The van der Waals surface area contributed by atoms with Crippen molar-refractivity contribution in [2.24, 2.45) is 0 Å². The van der Waals surface area contributed by atoms with E-state index in [1.54, 1.807) is 6.33 Å². The van der Waals surface area contributed by atoms with Crippen LogP contribution in [-0.4, -0.2) is 47.6 Å². The zero-order valence-corrected chi connectivity index (χ0v) is 9.48. The minimum Gasteiger partial charge on any atom is -0.354 e. The third kappa shape index (κ3) is 2.45. The Morgan fingerprint density at radius 2 is 1.93 bits per heavy atom. The van der Waals surface area contributed by atoms with Crippen LogP contribution in [0.4, 0.5) is 5.82 Å². The van der Waals surface area contributed by atoms with Crippen molar-refractivity contribution in [1.29, 1.82) is 0 Å². The Morgan fingerprint density at radius 1 is 1.20 bits per heavy atom. The molecule has 1 saturated heterocycles. The molecule has 0 aliphatic carbocycles. The zero-order valence-electron chi connectivity index (χ0n) is 9.48. The number of aryl methyl sites for hydroxylation is 1. The molecule has 0 N–H and O–H groups in total. The average Bonchev–Trinajstić information content (AvgIpc) is 2.29. The van der Waals surface area contributed by atoms with Crippen LogP contribution in [0.2, 0.25) is 0 Å². The summed E-state index contributed by atoms with van der Waals surface area (Å²) >= 11 is 0. The van der Waals surface area contributed by atoms with Gasteiger partial charge in [0.1, 0.15) is 12.1 Å². The zero-order chi connectivity index (χ0) is 10.7. The van der Waals surface area contributed by atoms with Crippen molar-refractivity contribution < 1.29 is 0 Å². The number of aromatic nitrogens is 2. The number of anilines is 1. The molecule has 0 radical (unpaired) electrons. The minimum absolute atomic E-state index is 1.04. The molecule has 1 aromatic rings. The molecule has 0 atom stereocenters. The highest BCUT2D eigenvalue weighted by Gasteiger charge is 2.16. The van der Waals surface area contributed by atoms with E-state index in [-0.39, 0.29) is 0 Å². The fraction of sp³-hybridized carbons (Fsp3) is 0.636. The van der Waals surface area contributed by atoms with Gasteiger partial charge in [0.15, 0.2) is 0 Å². The lowest BCUT2D eigenvalue weighted by Gasteiger charge is -2.34. The summed E-state index contributed by atoms with van der Waals surface area (Å²) in [5, 5.41) is 0. The average molecular weight is 206 g/mol. The van der Waals surface area contributed by atoms with Gasteiger partial charge in [-0.1, -0.05) is 6.92 Å². The number of piperazine rings is 1. The van der Waals surface area contributed by atoms with E-state index in [4.69, 9.17) is 0 Å². The summed E-state index contributed by atoms with van der Waals surface area (Å²) in [6.45, 7) is 9.79. The standard InChI is InChI=1S/C11H18N4/c1-3-14-4-6-15(7-5-14)11-8-10(2)12-9-13-11/h8-9H,3-7H2,1-2H3. The molecule has 0 bridgehead atoms. The van der Waals surface area contributed by atoms with E-state index in [0.717, 1.165) is 44.2 Å². The topological polar surface area (TPSA) is 32.3 Å². The van der Waals surface area contributed by atoms with E-state index in [2.05, 4.69) is 32.8 Å². The van der Waals surface area contributed by atoms with Gasteiger partial charge in [-0.05, 0) is 13.5 Å². The second-order valence-electron chi connectivity index (χ2n) is 3.94. The van der Waals surface area contributed by atoms with Gasteiger partial charge in [0.2, 0.25) is 0 Å². The van der Waals surface area contributed by atoms with Gasteiger partial charge in [0, 0.05) is 37.9 Å². The largest absolute Gasteiger partial charge is 0.354 e. The summed E-state index contributed by atoms with van der Waals surface area (Å²) in [6.07, 6.45) is 1.65. The summed E-state index contributed by atoms with van der Waals surface area (Å²) in [5.41, 5.74) is 1.04. The molecule has 2 heterocycles. The predicted molar refractivity (Wildman–Crippen MR) is 61.1 cm³/mol. The van der Waals surface area contributed by atoms with Crippen LogP contribution in [0.1, 0.15) is 12.6 Å². The quantitative estimate of drug-likeness (QED) is 0.720. The lowest BCUT2D eigenvalue weighted by molar-refractivity contribution is 0.270. The van der Waals surface area contributed by atoms with Crippen LogP contribution in [0.3, 0.4) is 0 Å². The summed E-state index contributed by atoms with van der Waals surface area (Å²) in [5.74, 6) is 1.07. The first kappa shape index (κ1) is 10.4. The normalized spacial score (nSPS) is 18.1. The molecule has 0 saturated carbocycles. The highest BCUT2D eigenvalue weighted by molar-refractivity contribution is 5.39. The van der Waals surface area contributed by atoms with Crippen LogP contribution in [0.25, 0.3) is 0 Å². The van der Waals surface area contributed by atoms with Crippen molar-refractivity contribution in [1.82, 2.24) is 14.9 Å². The summed E-state index contributed by atoms with van der Waals surface area (Å²) in [4.78, 5) is 13.2. The maximum absolute atomic E-state index is 4.31. The van der Waals surface area contributed by atoms with Crippen molar-refractivity contribution in [3.63, 3.8) is 0 Å². The van der Waals surface area contributed by atoms with Gasteiger partial charge in [-0.15, -0.1) is 0 Å². The Morgan fingerprint density at radius 3 is 2.53 bits per heavy atom. The monoisotopic (exact) mass is 206 g/mol. The smallest absolute Gasteiger partial charge is 0.132 e. The van der Waals surface area contributed by atoms with Crippen molar-refractivity contribution in [3.8, 4) is 0 Å². The molecule has 15 heavy (non-hydrogen) atoms. The van der Waals surface area contributed by atoms with Gasteiger partial charge in [-0.3, -0.25) is 0 Å². The second kappa shape index (κ2) is 4.57. The SMILES string of the molecule is CCN1CCN(c2cc(C)ncn2)CC1. The minimum atomic E-state index is 1.04. The lowest BCUT2D eigenvalue weighted by Crippen LogP contribution is -2.46. The van der Waals surface area contributed by atoms with Crippen LogP contribution in [0.5, 0.6) is 0 Å². The van der Waals surface area contributed by atoms with E-state index < -0.39 is 0 Å².